The Kier molecular flexibility index (Phi) is 6.66. The quantitative estimate of drug-likeness (QED) is 0.409. The predicted octanol–water partition coefficient (Wildman–Crippen LogP) is 1.23. The van der Waals surface area contributed by atoms with Crippen LogP contribution in [0.1, 0.15) is 27.7 Å². The maximum Gasteiger partial charge on any atom is 0.267 e. The standard InChI is InChI=1S/C12H22O5Si/c1-6-18(7-2,10(3)14)17-12(4,15)11(8-13)9-16-5/h15H,6-7,9H2,1-5H3. The Morgan fingerprint density at radius 3 is 2.17 bits per heavy atom. The third-order valence-corrected chi connectivity index (χ3v) is 7.51. The molecule has 0 amide bonds. The Labute approximate surface area is 109 Å². The van der Waals surface area contributed by atoms with Crippen LogP contribution in [-0.4, -0.2) is 44.3 Å². The molecule has 0 aliphatic rings. The molecule has 0 saturated carbocycles. The zero-order valence-electron chi connectivity index (χ0n) is 11.7. The number of rotatable bonds is 8. The molecule has 1 unspecified atom stereocenters. The van der Waals surface area contributed by atoms with Crippen molar-refractivity contribution in [3.05, 3.63) is 5.57 Å². The van der Waals surface area contributed by atoms with Crippen molar-refractivity contribution >= 4 is 19.7 Å². The van der Waals surface area contributed by atoms with E-state index in [0.29, 0.717) is 12.1 Å². The summed E-state index contributed by atoms with van der Waals surface area (Å²) >= 11 is 0. The molecule has 1 atom stereocenters. The molecule has 0 aromatic rings. The van der Waals surface area contributed by atoms with E-state index in [2.05, 4.69) is 0 Å². The molecule has 6 heteroatoms. The highest BCUT2D eigenvalue weighted by molar-refractivity contribution is 7.01. The van der Waals surface area contributed by atoms with Crippen LogP contribution in [0.2, 0.25) is 12.1 Å². The average Bonchev–Trinajstić information content (AvgIpc) is 2.32. The van der Waals surface area contributed by atoms with Crippen molar-refractivity contribution in [1.82, 2.24) is 0 Å². The molecule has 0 fully saturated rings. The van der Waals surface area contributed by atoms with E-state index in [9.17, 15) is 14.7 Å². The Hall–Kier alpha value is -0.783. The molecule has 0 aliphatic carbocycles. The lowest BCUT2D eigenvalue weighted by molar-refractivity contribution is -0.123. The molecule has 0 aromatic heterocycles. The highest BCUT2D eigenvalue weighted by Gasteiger charge is 2.44. The van der Waals surface area contributed by atoms with Crippen LogP contribution in [0, 0.1) is 0 Å². The van der Waals surface area contributed by atoms with E-state index in [4.69, 9.17) is 9.16 Å². The molecular weight excluding hydrogens is 252 g/mol. The Morgan fingerprint density at radius 2 is 1.89 bits per heavy atom. The summed E-state index contributed by atoms with van der Waals surface area (Å²) in [5.74, 6) is -0.173. The van der Waals surface area contributed by atoms with Gasteiger partial charge in [-0.05, 0) is 25.9 Å². The summed E-state index contributed by atoms with van der Waals surface area (Å²) in [6.45, 7) is 6.45. The highest BCUT2D eigenvalue weighted by atomic mass is 28.4. The van der Waals surface area contributed by atoms with Crippen LogP contribution in [0.25, 0.3) is 0 Å². The Bertz CT molecular complexity index is 340. The summed E-state index contributed by atoms with van der Waals surface area (Å²) in [7, 11) is -1.30. The summed E-state index contributed by atoms with van der Waals surface area (Å²) in [6.07, 6.45) is 0. The van der Waals surface area contributed by atoms with Crippen LogP contribution >= 0.6 is 0 Å². The van der Waals surface area contributed by atoms with E-state index >= 15 is 0 Å². The molecule has 0 heterocycles. The summed E-state index contributed by atoms with van der Waals surface area (Å²) < 4.78 is 10.5. The fourth-order valence-electron chi connectivity index (χ4n) is 1.81. The van der Waals surface area contributed by atoms with Gasteiger partial charge < -0.3 is 19.1 Å². The van der Waals surface area contributed by atoms with E-state index in [-0.39, 0.29) is 17.6 Å². The van der Waals surface area contributed by atoms with Crippen molar-refractivity contribution in [3.63, 3.8) is 0 Å². The van der Waals surface area contributed by atoms with Gasteiger partial charge in [0, 0.05) is 7.11 Å². The van der Waals surface area contributed by atoms with E-state index < -0.39 is 14.1 Å². The molecule has 1 N–H and O–H groups in total. The molecule has 0 bridgehead atoms. The van der Waals surface area contributed by atoms with Gasteiger partial charge in [0.2, 0.25) is 0 Å². The van der Waals surface area contributed by atoms with Gasteiger partial charge in [0.05, 0.1) is 12.2 Å². The van der Waals surface area contributed by atoms with Crippen LogP contribution in [0.5, 0.6) is 0 Å². The number of carbonyl (C=O) groups excluding carboxylic acids is 2. The summed E-state index contributed by atoms with van der Waals surface area (Å²) in [5.41, 5.74) is -0.0370. The SMILES string of the molecule is CC[Si](CC)(OC(C)(O)C(=C=O)COC)C(C)=O. The second-order valence-corrected chi connectivity index (χ2v) is 8.67. The van der Waals surface area contributed by atoms with Gasteiger partial charge in [-0.1, -0.05) is 13.8 Å². The second-order valence-electron chi connectivity index (χ2n) is 4.36. The topological polar surface area (TPSA) is 72.8 Å². The summed E-state index contributed by atoms with van der Waals surface area (Å²) in [5, 5.41) is 10.2. The van der Waals surface area contributed by atoms with E-state index in [0.717, 1.165) is 0 Å². The lowest BCUT2D eigenvalue weighted by Crippen LogP contribution is -2.53. The fourth-order valence-corrected chi connectivity index (χ4v) is 4.62. The molecule has 0 spiro atoms. The third-order valence-electron chi connectivity index (χ3n) is 3.15. The van der Waals surface area contributed by atoms with Crippen LogP contribution < -0.4 is 0 Å². The van der Waals surface area contributed by atoms with Gasteiger partial charge in [0.1, 0.15) is 11.3 Å². The van der Waals surface area contributed by atoms with Gasteiger partial charge in [-0.3, -0.25) is 0 Å². The Morgan fingerprint density at radius 1 is 1.39 bits per heavy atom. The molecule has 104 valence electrons. The normalized spacial score (nSPS) is 14.8. The molecular formula is C12H22O5Si. The number of hydrogen-bond acceptors (Lipinski definition) is 5. The van der Waals surface area contributed by atoms with E-state index in [1.165, 1.54) is 21.0 Å². The summed E-state index contributed by atoms with van der Waals surface area (Å²) in [4.78, 5) is 22.6. The monoisotopic (exact) mass is 274 g/mol. The smallest absolute Gasteiger partial charge is 0.267 e. The van der Waals surface area contributed by atoms with Gasteiger partial charge in [0.15, 0.2) is 5.79 Å². The van der Waals surface area contributed by atoms with Gasteiger partial charge >= 0.3 is 0 Å². The molecule has 0 saturated heterocycles. The first-order chi connectivity index (χ1) is 8.29. The molecule has 0 radical (unpaired) electrons. The van der Waals surface area contributed by atoms with Crippen LogP contribution in [0.4, 0.5) is 0 Å². The van der Waals surface area contributed by atoms with Gasteiger partial charge in [0.25, 0.3) is 8.32 Å². The predicted molar refractivity (Wildman–Crippen MR) is 70.2 cm³/mol. The molecule has 5 nitrogen and oxygen atoms in total. The fraction of sp³-hybridized carbons (Fsp3) is 0.750. The van der Waals surface area contributed by atoms with Crippen molar-refractivity contribution < 1.29 is 23.9 Å². The minimum absolute atomic E-state index is 0.0370. The summed E-state index contributed by atoms with van der Waals surface area (Å²) in [6, 6.07) is 1.10. The largest absolute Gasteiger partial charge is 0.379 e. The zero-order valence-corrected chi connectivity index (χ0v) is 12.7. The number of methoxy groups -OCH3 is 1. The number of carbonyl (C=O) groups is 1. The van der Waals surface area contributed by atoms with Crippen LogP contribution in [0.15, 0.2) is 5.57 Å². The number of hydrogen-bond donors (Lipinski definition) is 1. The average molecular weight is 274 g/mol. The first-order valence-corrected chi connectivity index (χ1v) is 8.28. The molecule has 0 aromatic carbocycles. The van der Waals surface area contributed by atoms with Crippen molar-refractivity contribution in [1.29, 1.82) is 0 Å². The lowest BCUT2D eigenvalue weighted by Gasteiger charge is -2.35. The Balaban J connectivity index is 5.25. The van der Waals surface area contributed by atoms with Crippen LogP contribution in [-0.2, 0) is 18.8 Å². The zero-order chi connectivity index (χ0) is 14.4. The molecule has 18 heavy (non-hydrogen) atoms. The van der Waals surface area contributed by atoms with Crippen molar-refractivity contribution in [2.24, 2.45) is 0 Å². The maximum atomic E-state index is 11.8. The van der Waals surface area contributed by atoms with Gasteiger partial charge in [-0.15, -0.1) is 0 Å². The number of aliphatic hydroxyl groups is 1. The molecule has 0 rings (SSSR count). The third kappa shape index (κ3) is 3.86. The lowest BCUT2D eigenvalue weighted by atomic mass is 10.1. The van der Waals surface area contributed by atoms with Crippen LogP contribution in [0.3, 0.4) is 0 Å². The minimum atomic E-state index is -2.71. The van der Waals surface area contributed by atoms with E-state index in [1.54, 1.807) is 5.94 Å². The van der Waals surface area contributed by atoms with E-state index in [1.807, 2.05) is 13.8 Å². The minimum Gasteiger partial charge on any atom is -0.379 e. The molecule has 0 aliphatic heterocycles. The van der Waals surface area contributed by atoms with Gasteiger partial charge in [-0.25, -0.2) is 4.79 Å². The number of ether oxygens (including phenoxy) is 1. The van der Waals surface area contributed by atoms with Crippen molar-refractivity contribution in [3.8, 4) is 0 Å². The van der Waals surface area contributed by atoms with Gasteiger partial charge in [-0.2, -0.15) is 0 Å². The van der Waals surface area contributed by atoms with Crippen molar-refractivity contribution in [2.45, 2.75) is 45.6 Å². The first-order valence-electron chi connectivity index (χ1n) is 5.96. The second kappa shape index (κ2) is 6.97. The maximum absolute atomic E-state index is 11.8. The first kappa shape index (κ1) is 17.2. The van der Waals surface area contributed by atoms with Crippen molar-refractivity contribution in [2.75, 3.05) is 13.7 Å². The highest BCUT2D eigenvalue weighted by Crippen LogP contribution is 2.27.